The topological polar surface area (TPSA) is 63.6 Å². The van der Waals surface area contributed by atoms with Crippen LogP contribution in [0.15, 0.2) is 0 Å². The minimum atomic E-state index is -5.36. The Bertz CT molecular complexity index is 269. The maximum absolute atomic E-state index is 11.7. The van der Waals surface area contributed by atoms with Crippen molar-refractivity contribution in [2.75, 3.05) is 6.61 Å². The summed E-state index contributed by atoms with van der Waals surface area (Å²) in [5.74, 6) is 0. The molecule has 4 nitrogen and oxygen atoms in total. The maximum Gasteiger partial charge on any atom is 0.500 e. The maximum atomic E-state index is 11.7. The summed E-state index contributed by atoms with van der Waals surface area (Å²) in [6.07, 6.45) is -1.57. The van der Waals surface area contributed by atoms with Gasteiger partial charge in [0.05, 0.1) is 6.61 Å². The van der Waals surface area contributed by atoms with Crippen molar-refractivity contribution in [1.29, 1.82) is 0 Å². The number of hydrogen-bond donors (Lipinski definition) is 1. The Kier molecular flexibility index (Phi) is 2.09. The third kappa shape index (κ3) is 1.29. The Balaban J connectivity index is 2.87. The average Bonchev–Trinajstić information content (AvgIpc) is 1.81. The molecule has 1 fully saturated rings. The van der Waals surface area contributed by atoms with E-state index in [1.165, 1.54) is 0 Å². The highest BCUT2D eigenvalue weighted by Crippen LogP contribution is 2.32. The zero-order valence-corrected chi connectivity index (χ0v) is 6.39. The van der Waals surface area contributed by atoms with E-state index < -0.39 is 26.9 Å². The molecule has 0 saturated carbocycles. The summed E-state index contributed by atoms with van der Waals surface area (Å²) in [6, 6.07) is 0. The Labute approximate surface area is 65.9 Å². The lowest BCUT2D eigenvalue weighted by Crippen LogP contribution is -2.53. The molecule has 1 rings (SSSR count). The molecule has 12 heavy (non-hydrogen) atoms. The van der Waals surface area contributed by atoms with Crippen molar-refractivity contribution in [2.24, 2.45) is 0 Å². The molecule has 2 atom stereocenters. The second kappa shape index (κ2) is 2.57. The molecule has 0 aromatic carbocycles. The Morgan fingerprint density at radius 1 is 1.42 bits per heavy atom. The van der Waals surface area contributed by atoms with Crippen LogP contribution in [-0.2, 0) is 14.6 Å². The van der Waals surface area contributed by atoms with E-state index in [0.29, 0.717) is 0 Å². The van der Waals surface area contributed by atoms with Gasteiger partial charge >= 0.3 is 5.51 Å². The Morgan fingerprint density at radius 2 is 1.92 bits per heavy atom. The minimum absolute atomic E-state index is 0.375. The molecule has 1 aliphatic heterocycles. The SMILES string of the molecule is O=S(=O)(C1OCC1O)C(F)(F)F. The van der Waals surface area contributed by atoms with Crippen molar-refractivity contribution in [3.05, 3.63) is 0 Å². The summed E-state index contributed by atoms with van der Waals surface area (Å²) < 4.78 is 60.0. The van der Waals surface area contributed by atoms with Gasteiger partial charge < -0.3 is 9.84 Å². The quantitative estimate of drug-likeness (QED) is 0.636. The summed E-state index contributed by atoms with van der Waals surface area (Å²) in [7, 11) is -5.36. The van der Waals surface area contributed by atoms with Gasteiger partial charge in [-0.1, -0.05) is 0 Å². The molecule has 1 heterocycles. The van der Waals surface area contributed by atoms with E-state index in [1.54, 1.807) is 0 Å². The fraction of sp³-hybridized carbons (Fsp3) is 1.00. The molecule has 0 radical (unpaired) electrons. The van der Waals surface area contributed by atoms with Crippen molar-refractivity contribution < 1.29 is 31.4 Å². The summed E-state index contributed by atoms with van der Waals surface area (Å²) >= 11 is 0. The van der Waals surface area contributed by atoms with Crippen molar-refractivity contribution in [1.82, 2.24) is 0 Å². The number of ether oxygens (including phenoxy) is 1. The highest BCUT2D eigenvalue weighted by Gasteiger charge is 2.57. The van der Waals surface area contributed by atoms with E-state index in [4.69, 9.17) is 5.11 Å². The largest absolute Gasteiger partial charge is 0.500 e. The Hall–Kier alpha value is -0.340. The first-order valence-corrected chi connectivity index (χ1v) is 4.41. The fourth-order valence-electron chi connectivity index (χ4n) is 0.689. The summed E-state index contributed by atoms with van der Waals surface area (Å²) in [6.45, 7) is -0.375. The van der Waals surface area contributed by atoms with Gasteiger partial charge in [-0.15, -0.1) is 0 Å². The first kappa shape index (κ1) is 9.75. The smallest absolute Gasteiger partial charge is 0.387 e. The van der Waals surface area contributed by atoms with Gasteiger partial charge in [0.15, 0.2) is 5.44 Å². The van der Waals surface area contributed by atoms with E-state index >= 15 is 0 Å². The van der Waals surface area contributed by atoms with Gasteiger partial charge in [-0.05, 0) is 0 Å². The van der Waals surface area contributed by atoms with Gasteiger partial charge in [-0.25, -0.2) is 8.42 Å². The zero-order valence-electron chi connectivity index (χ0n) is 5.58. The van der Waals surface area contributed by atoms with Gasteiger partial charge in [0, 0.05) is 0 Å². The molecule has 0 aliphatic carbocycles. The third-order valence-electron chi connectivity index (χ3n) is 1.37. The first-order valence-electron chi connectivity index (χ1n) is 2.86. The molecule has 72 valence electrons. The number of rotatable bonds is 1. The molecule has 0 amide bonds. The van der Waals surface area contributed by atoms with E-state index in [-0.39, 0.29) is 6.61 Å². The monoisotopic (exact) mass is 206 g/mol. The first-order chi connectivity index (χ1) is 5.27. The highest BCUT2D eigenvalue weighted by atomic mass is 32.2. The van der Waals surface area contributed by atoms with Crippen LogP contribution in [0.1, 0.15) is 0 Å². The second-order valence-corrected chi connectivity index (χ2v) is 4.28. The fourth-order valence-corrected chi connectivity index (χ4v) is 1.70. The average molecular weight is 206 g/mol. The molecule has 8 heteroatoms. The van der Waals surface area contributed by atoms with Crippen LogP contribution in [0.25, 0.3) is 0 Å². The number of hydrogen-bond acceptors (Lipinski definition) is 4. The van der Waals surface area contributed by atoms with Crippen LogP contribution in [0.3, 0.4) is 0 Å². The number of aliphatic hydroxyl groups is 1. The van der Waals surface area contributed by atoms with Gasteiger partial charge in [-0.2, -0.15) is 13.2 Å². The van der Waals surface area contributed by atoms with Crippen LogP contribution < -0.4 is 0 Å². The predicted molar refractivity (Wildman–Crippen MR) is 30.7 cm³/mol. The van der Waals surface area contributed by atoms with Crippen LogP contribution in [0.2, 0.25) is 0 Å². The second-order valence-electron chi connectivity index (χ2n) is 2.26. The predicted octanol–water partition coefficient (Wildman–Crippen LogP) is -0.362. The van der Waals surface area contributed by atoms with Gasteiger partial charge in [0.25, 0.3) is 9.84 Å². The Morgan fingerprint density at radius 3 is 2.00 bits per heavy atom. The normalized spacial score (nSPS) is 31.3. The van der Waals surface area contributed by atoms with Crippen LogP contribution in [0.5, 0.6) is 0 Å². The number of sulfone groups is 1. The van der Waals surface area contributed by atoms with Gasteiger partial charge in [0.1, 0.15) is 6.10 Å². The summed E-state index contributed by atoms with van der Waals surface area (Å²) in [5.41, 5.74) is -7.50. The van der Waals surface area contributed by atoms with Crippen LogP contribution >= 0.6 is 0 Å². The minimum Gasteiger partial charge on any atom is -0.387 e. The molecule has 0 spiro atoms. The molecule has 1 saturated heterocycles. The van der Waals surface area contributed by atoms with Crippen molar-refractivity contribution in [3.8, 4) is 0 Å². The van der Waals surface area contributed by atoms with E-state index in [0.717, 1.165) is 0 Å². The van der Waals surface area contributed by atoms with Crippen molar-refractivity contribution in [3.63, 3.8) is 0 Å². The van der Waals surface area contributed by atoms with Crippen LogP contribution in [0.4, 0.5) is 13.2 Å². The van der Waals surface area contributed by atoms with Crippen LogP contribution in [0, 0.1) is 0 Å². The van der Waals surface area contributed by atoms with Crippen molar-refractivity contribution in [2.45, 2.75) is 17.0 Å². The summed E-state index contributed by atoms with van der Waals surface area (Å²) in [4.78, 5) is 0. The molecule has 0 aromatic rings. The zero-order chi connectivity index (χ0) is 9.57. The van der Waals surface area contributed by atoms with Gasteiger partial charge in [0.2, 0.25) is 0 Å². The van der Waals surface area contributed by atoms with Gasteiger partial charge in [-0.3, -0.25) is 0 Å². The highest BCUT2D eigenvalue weighted by molar-refractivity contribution is 7.92. The van der Waals surface area contributed by atoms with Crippen molar-refractivity contribution >= 4 is 9.84 Å². The summed E-state index contributed by atoms with van der Waals surface area (Å²) in [5, 5.41) is 8.60. The van der Waals surface area contributed by atoms with Crippen LogP contribution in [-0.4, -0.2) is 37.2 Å². The lowest BCUT2D eigenvalue weighted by molar-refractivity contribution is -0.130. The molecular weight excluding hydrogens is 201 g/mol. The number of halogens is 3. The lowest BCUT2D eigenvalue weighted by atomic mass is 10.3. The molecule has 1 aliphatic rings. The molecular formula is C4H5F3O4S. The molecule has 1 N–H and O–H groups in total. The van der Waals surface area contributed by atoms with E-state index in [2.05, 4.69) is 4.74 Å². The number of alkyl halides is 3. The van der Waals surface area contributed by atoms with E-state index in [1.807, 2.05) is 0 Å². The number of aliphatic hydroxyl groups excluding tert-OH is 1. The molecule has 0 bridgehead atoms. The molecule has 2 unspecified atom stereocenters. The lowest BCUT2D eigenvalue weighted by Gasteiger charge is -2.32. The third-order valence-corrected chi connectivity index (χ3v) is 3.08. The molecule has 0 aromatic heterocycles. The van der Waals surface area contributed by atoms with E-state index in [9.17, 15) is 21.6 Å². The standard InChI is InChI=1S/C4H5F3O4S/c5-4(6,7)12(9,10)3-2(8)1-11-3/h2-3,8H,1H2.